The number of anilines is 1. The van der Waals surface area contributed by atoms with Crippen LogP contribution in [0, 0.1) is 6.92 Å². The first kappa shape index (κ1) is 8.95. The lowest BCUT2D eigenvalue weighted by Gasteiger charge is -2.25. The minimum Gasteiger partial charge on any atom is -0.398 e. The Kier molecular flexibility index (Phi) is 2.49. The maximum Gasteiger partial charge on any atom is 0.0482 e. The van der Waals surface area contributed by atoms with E-state index in [-0.39, 0.29) is 0 Å². The summed E-state index contributed by atoms with van der Waals surface area (Å²) in [5.41, 5.74) is 8.16. The van der Waals surface area contributed by atoms with E-state index in [9.17, 15) is 0 Å². The first-order valence-corrected chi connectivity index (χ1v) is 5.67. The van der Waals surface area contributed by atoms with Gasteiger partial charge in [0.1, 0.15) is 0 Å². The Bertz CT molecular complexity index is 305. The second-order valence-electron chi connectivity index (χ2n) is 3.66. The Balaban J connectivity index is 2.14. The van der Waals surface area contributed by atoms with Crippen molar-refractivity contribution < 1.29 is 0 Å². The molecule has 70 valence electrons. The number of nitrogens with two attached hydrogens (primary N) is 1. The lowest BCUT2D eigenvalue weighted by atomic mass is 10.00. The Morgan fingerprint density at radius 2 is 2.15 bits per heavy atom. The Morgan fingerprint density at radius 3 is 2.77 bits per heavy atom. The molecule has 2 heteroatoms. The predicted molar refractivity (Wildman–Crippen MR) is 59.1 cm³/mol. The minimum absolute atomic E-state index is 0.823. The minimum atomic E-state index is 0.823. The van der Waals surface area contributed by atoms with Gasteiger partial charge in [-0.3, -0.25) is 0 Å². The van der Waals surface area contributed by atoms with Gasteiger partial charge in [0, 0.05) is 15.8 Å². The Labute approximate surface area is 83.7 Å². The van der Waals surface area contributed by atoms with Crippen molar-refractivity contribution in [3.63, 3.8) is 0 Å². The normalized spacial score (nSPS) is 17.0. The molecular formula is C11H15NS. The van der Waals surface area contributed by atoms with Gasteiger partial charge in [0.05, 0.1) is 0 Å². The summed E-state index contributed by atoms with van der Waals surface area (Å²) in [6, 6.07) is 6.29. The molecular weight excluding hydrogens is 178 g/mol. The first-order valence-electron chi connectivity index (χ1n) is 4.79. The summed E-state index contributed by atoms with van der Waals surface area (Å²) in [6.45, 7) is 2.07. The molecule has 0 radical (unpaired) electrons. The van der Waals surface area contributed by atoms with Crippen LogP contribution < -0.4 is 5.73 Å². The fraction of sp³-hybridized carbons (Fsp3) is 0.455. The first-order chi connectivity index (χ1) is 6.27. The molecule has 2 N–H and O–H groups in total. The van der Waals surface area contributed by atoms with Crippen molar-refractivity contribution in [3.8, 4) is 0 Å². The number of rotatable bonds is 2. The molecule has 1 aliphatic carbocycles. The number of nitrogen functional groups attached to an aromatic ring is 1. The van der Waals surface area contributed by atoms with Crippen LogP contribution in [-0.4, -0.2) is 5.25 Å². The standard InChI is InChI=1S/C11H15NS/c1-8-4-2-7-10(11(8)12)13-9-5-3-6-9/h2,4,7,9H,3,5-6,12H2,1H3. The van der Waals surface area contributed by atoms with Crippen LogP contribution in [0.5, 0.6) is 0 Å². The fourth-order valence-electron chi connectivity index (χ4n) is 1.42. The maximum atomic E-state index is 5.99. The van der Waals surface area contributed by atoms with Crippen molar-refractivity contribution in [2.75, 3.05) is 5.73 Å². The van der Waals surface area contributed by atoms with Crippen LogP contribution in [0.4, 0.5) is 5.69 Å². The second kappa shape index (κ2) is 3.62. The molecule has 0 saturated heterocycles. The van der Waals surface area contributed by atoms with Gasteiger partial charge in [-0.15, -0.1) is 11.8 Å². The lowest BCUT2D eigenvalue weighted by molar-refractivity contribution is 0.522. The summed E-state index contributed by atoms with van der Waals surface area (Å²) < 4.78 is 0. The highest BCUT2D eigenvalue weighted by Gasteiger charge is 2.19. The number of benzene rings is 1. The third kappa shape index (κ3) is 1.83. The molecule has 0 unspecified atom stereocenters. The van der Waals surface area contributed by atoms with Gasteiger partial charge in [0.25, 0.3) is 0 Å². The molecule has 0 bridgehead atoms. The molecule has 0 aliphatic heterocycles. The van der Waals surface area contributed by atoms with Crippen molar-refractivity contribution in [1.29, 1.82) is 0 Å². The third-order valence-electron chi connectivity index (χ3n) is 2.63. The molecule has 0 aromatic heterocycles. The van der Waals surface area contributed by atoms with E-state index in [0.29, 0.717) is 0 Å². The zero-order valence-corrected chi connectivity index (χ0v) is 8.73. The second-order valence-corrected chi connectivity index (χ2v) is 5.00. The van der Waals surface area contributed by atoms with Gasteiger partial charge in [-0.2, -0.15) is 0 Å². The SMILES string of the molecule is Cc1cccc(SC2CCC2)c1N. The predicted octanol–water partition coefficient (Wildman–Crippen LogP) is 3.22. The van der Waals surface area contributed by atoms with Crippen LogP contribution in [-0.2, 0) is 0 Å². The molecule has 0 heterocycles. The number of hydrogen-bond acceptors (Lipinski definition) is 2. The van der Waals surface area contributed by atoms with Crippen LogP contribution in [0.2, 0.25) is 0 Å². The van der Waals surface area contributed by atoms with Crippen LogP contribution >= 0.6 is 11.8 Å². The van der Waals surface area contributed by atoms with Crippen LogP contribution in [0.25, 0.3) is 0 Å². The van der Waals surface area contributed by atoms with E-state index < -0.39 is 0 Å². The van der Waals surface area contributed by atoms with E-state index >= 15 is 0 Å². The molecule has 1 aromatic carbocycles. The monoisotopic (exact) mass is 193 g/mol. The van der Waals surface area contributed by atoms with Crippen molar-refractivity contribution >= 4 is 17.4 Å². The number of para-hydroxylation sites is 1. The van der Waals surface area contributed by atoms with Crippen molar-refractivity contribution in [1.82, 2.24) is 0 Å². The average Bonchev–Trinajstić information content (AvgIpc) is 2.04. The fourth-order valence-corrected chi connectivity index (χ4v) is 2.80. The molecule has 1 aromatic rings. The van der Waals surface area contributed by atoms with E-state index in [1.54, 1.807) is 0 Å². The van der Waals surface area contributed by atoms with E-state index in [0.717, 1.165) is 10.9 Å². The van der Waals surface area contributed by atoms with Gasteiger partial charge in [-0.05, 0) is 31.4 Å². The summed E-state index contributed by atoms with van der Waals surface area (Å²) in [5, 5.41) is 0.823. The van der Waals surface area contributed by atoms with Crippen molar-refractivity contribution in [2.45, 2.75) is 36.3 Å². The van der Waals surface area contributed by atoms with Gasteiger partial charge in [0.2, 0.25) is 0 Å². The van der Waals surface area contributed by atoms with Crippen LogP contribution in [0.15, 0.2) is 23.1 Å². The largest absolute Gasteiger partial charge is 0.398 e. The average molecular weight is 193 g/mol. The molecule has 1 aliphatic rings. The van der Waals surface area contributed by atoms with E-state index in [4.69, 9.17) is 5.73 Å². The molecule has 13 heavy (non-hydrogen) atoms. The van der Waals surface area contributed by atoms with Gasteiger partial charge in [-0.25, -0.2) is 0 Å². The molecule has 2 rings (SSSR count). The van der Waals surface area contributed by atoms with E-state index in [2.05, 4.69) is 25.1 Å². The molecule has 0 amide bonds. The molecule has 0 spiro atoms. The Hall–Kier alpha value is -0.630. The topological polar surface area (TPSA) is 26.0 Å². The van der Waals surface area contributed by atoms with Crippen LogP contribution in [0.1, 0.15) is 24.8 Å². The molecule has 0 atom stereocenters. The lowest BCUT2D eigenvalue weighted by Crippen LogP contribution is -2.13. The number of thioether (sulfide) groups is 1. The highest BCUT2D eigenvalue weighted by molar-refractivity contribution is 8.00. The van der Waals surface area contributed by atoms with Gasteiger partial charge in [-0.1, -0.05) is 18.6 Å². The van der Waals surface area contributed by atoms with E-state index in [1.165, 1.54) is 29.7 Å². The van der Waals surface area contributed by atoms with Gasteiger partial charge >= 0.3 is 0 Å². The summed E-state index contributed by atoms with van der Waals surface area (Å²) in [7, 11) is 0. The maximum absolute atomic E-state index is 5.99. The summed E-state index contributed by atoms with van der Waals surface area (Å²) in [6.07, 6.45) is 4.11. The third-order valence-corrected chi connectivity index (χ3v) is 4.04. The van der Waals surface area contributed by atoms with Crippen molar-refractivity contribution in [3.05, 3.63) is 23.8 Å². The molecule has 1 saturated carbocycles. The highest BCUT2D eigenvalue weighted by Crippen LogP contribution is 2.39. The molecule has 1 fully saturated rings. The summed E-state index contributed by atoms with van der Waals surface area (Å²) >= 11 is 1.95. The van der Waals surface area contributed by atoms with Crippen molar-refractivity contribution in [2.24, 2.45) is 0 Å². The highest BCUT2D eigenvalue weighted by atomic mass is 32.2. The quantitative estimate of drug-likeness (QED) is 0.730. The summed E-state index contributed by atoms with van der Waals surface area (Å²) in [5.74, 6) is 0. The zero-order chi connectivity index (χ0) is 9.26. The van der Waals surface area contributed by atoms with Gasteiger partial charge in [0.15, 0.2) is 0 Å². The van der Waals surface area contributed by atoms with Gasteiger partial charge < -0.3 is 5.73 Å². The number of aryl methyl sites for hydroxylation is 1. The smallest absolute Gasteiger partial charge is 0.0482 e. The van der Waals surface area contributed by atoms with Crippen LogP contribution in [0.3, 0.4) is 0 Å². The van der Waals surface area contributed by atoms with E-state index in [1.807, 2.05) is 11.8 Å². The number of hydrogen-bond donors (Lipinski definition) is 1. The summed E-state index contributed by atoms with van der Waals surface area (Å²) in [4.78, 5) is 1.27. The molecule has 1 nitrogen and oxygen atoms in total. The Morgan fingerprint density at radius 1 is 1.38 bits per heavy atom. The zero-order valence-electron chi connectivity index (χ0n) is 7.92.